The van der Waals surface area contributed by atoms with Gasteiger partial charge in [-0.2, -0.15) is 0 Å². The van der Waals surface area contributed by atoms with Crippen LogP contribution in [0.5, 0.6) is 11.5 Å². The van der Waals surface area contributed by atoms with Gasteiger partial charge in [0.1, 0.15) is 11.5 Å². The van der Waals surface area contributed by atoms with Crippen molar-refractivity contribution in [3.63, 3.8) is 0 Å². The van der Waals surface area contributed by atoms with Crippen LogP contribution in [-0.4, -0.2) is 15.0 Å². The molecule has 2 rings (SSSR count). The van der Waals surface area contributed by atoms with Crippen molar-refractivity contribution in [2.45, 2.75) is 19.4 Å². The highest BCUT2D eigenvalue weighted by molar-refractivity contribution is 5.38. The third-order valence-corrected chi connectivity index (χ3v) is 2.77. The van der Waals surface area contributed by atoms with Gasteiger partial charge in [0.05, 0.1) is 22.9 Å². The molecule has 0 bridgehead atoms. The maximum absolute atomic E-state index is 10.5. The summed E-state index contributed by atoms with van der Waals surface area (Å²) in [5.74, 6) is 0.993. The standard InChI is InChI=1S/C14H14N2O4/c1-2-14(17)13-8-7-12(9-15-13)20-11-5-3-10(4-6-11)16(18)19/h3-9,14,17H,2H2,1H3/t14-/m1/s1. The minimum Gasteiger partial charge on any atom is -0.456 e. The van der Waals surface area contributed by atoms with E-state index in [1.54, 1.807) is 12.1 Å². The largest absolute Gasteiger partial charge is 0.456 e. The summed E-state index contributed by atoms with van der Waals surface area (Å²) in [6, 6.07) is 9.17. The Hall–Kier alpha value is -2.47. The van der Waals surface area contributed by atoms with Crippen LogP contribution in [0.15, 0.2) is 42.6 Å². The lowest BCUT2D eigenvalue weighted by molar-refractivity contribution is -0.384. The van der Waals surface area contributed by atoms with Gasteiger partial charge in [0.25, 0.3) is 5.69 Å². The molecule has 0 fully saturated rings. The van der Waals surface area contributed by atoms with Crippen LogP contribution in [0.1, 0.15) is 25.1 Å². The van der Waals surface area contributed by atoms with E-state index in [0.717, 1.165) is 0 Å². The zero-order valence-electron chi connectivity index (χ0n) is 10.9. The summed E-state index contributed by atoms with van der Waals surface area (Å²) in [4.78, 5) is 14.2. The number of aliphatic hydroxyl groups is 1. The molecule has 6 nitrogen and oxygen atoms in total. The van der Waals surface area contributed by atoms with Gasteiger partial charge in [-0.05, 0) is 30.7 Å². The molecule has 0 spiro atoms. The summed E-state index contributed by atoms with van der Waals surface area (Å²) in [6.07, 6.45) is 1.52. The number of aromatic nitrogens is 1. The average molecular weight is 274 g/mol. The fraction of sp³-hybridized carbons (Fsp3) is 0.214. The Morgan fingerprint density at radius 1 is 1.25 bits per heavy atom. The van der Waals surface area contributed by atoms with Crippen molar-refractivity contribution < 1.29 is 14.8 Å². The molecule has 0 aliphatic rings. The first-order chi connectivity index (χ1) is 9.60. The molecule has 1 aromatic heterocycles. The molecular formula is C14H14N2O4. The first-order valence-electron chi connectivity index (χ1n) is 6.16. The summed E-state index contributed by atoms with van der Waals surface area (Å²) in [6.45, 7) is 1.87. The van der Waals surface area contributed by atoms with Crippen LogP contribution >= 0.6 is 0 Å². The molecule has 1 N–H and O–H groups in total. The zero-order valence-corrected chi connectivity index (χ0v) is 10.9. The molecule has 104 valence electrons. The maximum atomic E-state index is 10.5. The van der Waals surface area contributed by atoms with Gasteiger partial charge in [-0.3, -0.25) is 15.1 Å². The van der Waals surface area contributed by atoms with Gasteiger partial charge in [0, 0.05) is 12.1 Å². The lowest BCUT2D eigenvalue weighted by atomic mass is 10.2. The number of ether oxygens (including phenoxy) is 1. The number of pyridine rings is 1. The Morgan fingerprint density at radius 2 is 1.90 bits per heavy atom. The molecular weight excluding hydrogens is 260 g/mol. The highest BCUT2D eigenvalue weighted by Crippen LogP contribution is 2.24. The Kier molecular flexibility index (Phi) is 4.27. The van der Waals surface area contributed by atoms with E-state index in [4.69, 9.17) is 4.74 Å². The molecule has 0 amide bonds. The van der Waals surface area contributed by atoms with Gasteiger partial charge in [-0.25, -0.2) is 0 Å². The molecule has 0 radical (unpaired) electrons. The van der Waals surface area contributed by atoms with Crippen molar-refractivity contribution in [1.82, 2.24) is 4.98 Å². The summed E-state index contributed by atoms with van der Waals surface area (Å²) >= 11 is 0. The third kappa shape index (κ3) is 3.30. The van der Waals surface area contributed by atoms with Crippen LogP contribution in [0.2, 0.25) is 0 Å². The topological polar surface area (TPSA) is 85.5 Å². The van der Waals surface area contributed by atoms with Crippen LogP contribution in [0, 0.1) is 10.1 Å². The Labute approximate surface area is 115 Å². The van der Waals surface area contributed by atoms with Crippen LogP contribution in [-0.2, 0) is 0 Å². The number of hydrogen-bond donors (Lipinski definition) is 1. The second-order valence-electron chi connectivity index (χ2n) is 4.20. The molecule has 2 aromatic rings. The monoisotopic (exact) mass is 274 g/mol. The second kappa shape index (κ2) is 6.12. The molecule has 0 saturated carbocycles. The number of benzene rings is 1. The van der Waals surface area contributed by atoms with Crippen molar-refractivity contribution in [3.05, 3.63) is 58.4 Å². The van der Waals surface area contributed by atoms with Gasteiger partial charge in [0.15, 0.2) is 0 Å². The van der Waals surface area contributed by atoms with Crippen molar-refractivity contribution >= 4 is 5.69 Å². The van der Waals surface area contributed by atoms with Gasteiger partial charge in [-0.1, -0.05) is 6.92 Å². The molecule has 0 saturated heterocycles. The van der Waals surface area contributed by atoms with Gasteiger partial charge < -0.3 is 9.84 Å². The van der Waals surface area contributed by atoms with Crippen LogP contribution in [0.3, 0.4) is 0 Å². The minimum atomic E-state index is -0.580. The highest BCUT2D eigenvalue weighted by Gasteiger charge is 2.08. The lowest BCUT2D eigenvalue weighted by Gasteiger charge is -2.08. The molecule has 6 heteroatoms. The molecule has 0 unspecified atom stereocenters. The third-order valence-electron chi connectivity index (χ3n) is 2.77. The minimum absolute atomic E-state index is 0.0110. The number of nitrogens with zero attached hydrogens (tertiary/aromatic N) is 2. The maximum Gasteiger partial charge on any atom is 0.269 e. The fourth-order valence-electron chi connectivity index (χ4n) is 1.63. The van der Waals surface area contributed by atoms with Crippen LogP contribution in [0.4, 0.5) is 5.69 Å². The van der Waals surface area contributed by atoms with Crippen LogP contribution in [0.25, 0.3) is 0 Å². The van der Waals surface area contributed by atoms with Crippen molar-refractivity contribution in [3.8, 4) is 11.5 Å². The number of nitro benzene ring substituents is 1. The van der Waals surface area contributed by atoms with E-state index in [2.05, 4.69) is 4.98 Å². The number of aliphatic hydroxyl groups excluding tert-OH is 1. The van der Waals surface area contributed by atoms with Crippen LogP contribution < -0.4 is 4.74 Å². The number of hydrogen-bond acceptors (Lipinski definition) is 5. The molecule has 1 atom stereocenters. The molecule has 20 heavy (non-hydrogen) atoms. The second-order valence-corrected chi connectivity index (χ2v) is 4.20. The summed E-state index contributed by atoms with van der Waals surface area (Å²) in [5, 5.41) is 20.2. The van der Waals surface area contributed by atoms with Gasteiger partial charge in [0.2, 0.25) is 0 Å². The fourth-order valence-corrected chi connectivity index (χ4v) is 1.63. The smallest absolute Gasteiger partial charge is 0.269 e. The van der Waals surface area contributed by atoms with E-state index in [-0.39, 0.29) is 5.69 Å². The predicted octanol–water partition coefficient (Wildman–Crippen LogP) is 3.23. The zero-order chi connectivity index (χ0) is 14.5. The first-order valence-corrected chi connectivity index (χ1v) is 6.16. The molecule has 1 heterocycles. The lowest BCUT2D eigenvalue weighted by Crippen LogP contribution is -1.98. The molecule has 0 aliphatic heterocycles. The average Bonchev–Trinajstić information content (AvgIpc) is 2.48. The van der Waals surface area contributed by atoms with E-state index >= 15 is 0 Å². The SMILES string of the molecule is CC[C@@H](O)c1ccc(Oc2ccc([N+](=O)[O-])cc2)cn1. The Morgan fingerprint density at radius 3 is 2.40 bits per heavy atom. The van der Waals surface area contributed by atoms with Gasteiger partial charge in [-0.15, -0.1) is 0 Å². The normalized spacial score (nSPS) is 11.9. The molecule has 0 aliphatic carbocycles. The van der Waals surface area contributed by atoms with E-state index < -0.39 is 11.0 Å². The summed E-state index contributed by atoms with van der Waals surface area (Å²) in [5.41, 5.74) is 0.598. The van der Waals surface area contributed by atoms with E-state index in [0.29, 0.717) is 23.6 Å². The van der Waals surface area contributed by atoms with E-state index in [1.807, 2.05) is 6.92 Å². The van der Waals surface area contributed by atoms with Crippen molar-refractivity contribution in [1.29, 1.82) is 0 Å². The van der Waals surface area contributed by atoms with E-state index in [1.165, 1.54) is 30.5 Å². The van der Waals surface area contributed by atoms with Gasteiger partial charge >= 0.3 is 0 Å². The number of non-ortho nitro benzene ring substituents is 1. The van der Waals surface area contributed by atoms with E-state index in [9.17, 15) is 15.2 Å². The Balaban J connectivity index is 2.08. The quantitative estimate of drug-likeness (QED) is 0.668. The highest BCUT2D eigenvalue weighted by atomic mass is 16.6. The Bertz CT molecular complexity index is 581. The molecule has 1 aromatic carbocycles. The first kappa shape index (κ1) is 14.0. The van der Waals surface area contributed by atoms with Crippen molar-refractivity contribution in [2.75, 3.05) is 0 Å². The van der Waals surface area contributed by atoms with Crippen molar-refractivity contribution in [2.24, 2.45) is 0 Å². The number of nitro groups is 1. The number of rotatable bonds is 5. The summed E-state index contributed by atoms with van der Waals surface area (Å²) < 4.78 is 5.51. The summed E-state index contributed by atoms with van der Waals surface area (Å²) in [7, 11) is 0. The predicted molar refractivity (Wildman–Crippen MR) is 72.7 cm³/mol.